The van der Waals surface area contributed by atoms with Crippen molar-refractivity contribution >= 4 is 35.0 Å². The number of ether oxygens (including phenoxy) is 1. The van der Waals surface area contributed by atoms with Crippen LogP contribution in [0.2, 0.25) is 5.02 Å². The van der Waals surface area contributed by atoms with Crippen molar-refractivity contribution in [2.24, 2.45) is 0 Å². The Hall–Kier alpha value is -3.29. The summed E-state index contributed by atoms with van der Waals surface area (Å²) in [7, 11) is 1.63. The molecule has 1 heterocycles. The van der Waals surface area contributed by atoms with Gasteiger partial charge in [0.15, 0.2) is 11.0 Å². The van der Waals surface area contributed by atoms with Crippen LogP contribution in [0.5, 0.6) is 5.75 Å². The molecule has 0 aliphatic carbocycles. The number of rotatable bonds is 7. The van der Waals surface area contributed by atoms with E-state index in [-0.39, 0.29) is 11.7 Å². The lowest BCUT2D eigenvalue weighted by Gasteiger charge is -2.11. The van der Waals surface area contributed by atoms with Gasteiger partial charge in [-0.25, -0.2) is 0 Å². The van der Waals surface area contributed by atoms with E-state index in [1.54, 1.807) is 19.2 Å². The first-order chi connectivity index (χ1) is 15.5. The van der Waals surface area contributed by atoms with Crippen molar-refractivity contribution < 1.29 is 9.53 Å². The molecule has 0 atom stereocenters. The summed E-state index contributed by atoms with van der Waals surface area (Å²) in [6.45, 7) is 1.90. The molecule has 0 saturated carbocycles. The molecule has 1 aromatic heterocycles. The molecule has 0 aliphatic heterocycles. The number of para-hydroxylation sites is 1. The zero-order chi connectivity index (χ0) is 22.5. The van der Waals surface area contributed by atoms with E-state index in [1.165, 1.54) is 11.8 Å². The second-order valence-electron chi connectivity index (χ2n) is 7.00. The van der Waals surface area contributed by atoms with Crippen molar-refractivity contribution in [2.75, 3.05) is 18.2 Å². The number of carbonyl (C=O) groups excluding carboxylic acids is 1. The number of amides is 1. The Morgan fingerprint density at radius 2 is 1.81 bits per heavy atom. The van der Waals surface area contributed by atoms with Gasteiger partial charge in [-0.2, -0.15) is 0 Å². The second kappa shape index (κ2) is 9.89. The van der Waals surface area contributed by atoms with Crippen molar-refractivity contribution in [1.82, 2.24) is 14.8 Å². The van der Waals surface area contributed by atoms with Gasteiger partial charge in [0.05, 0.1) is 12.9 Å². The van der Waals surface area contributed by atoms with E-state index in [4.69, 9.17) is 16.3 Å². The van der Waals surface area contributed by atoms with Gasteiger partial charge in [0.2, 0.25) is 5.91 Å². The number of thioether (sulfide) groups is 1. The highest BCUT2D eigenvalue weighted by atomic mass is 35.5. The van der Waals surface area contributed by atoms with Crippen LogP contribution in [0.15, 0.2) is 78.0 Å². The van der Waals surface area contributed by atoms with Gasteiger partial charge >= 0.3 is 0 Å². The number of hydrogen-bond donors (Lipinski definition) is 1. The van der Waals surface area contributed by atoms with Crippen LogP contribution in [-0.4, -0.2) is 33.5 Å². The number of nitrogens with one attached hydrogen (secondary N) is 1. The van der Waals surface area contributed by atoms with Crippen molar-refractivity contribution in [3.63, 3.8) is 0 Å². The number of carbonyl (C=O) groups is 1. The molecule has 0 bridgehead atoms. The maximum atomic E-state index is 12.6. The normalized spacial score (nSPS) is 10.7. The average molecular weight is 465 g/mol. The number of aryl methyl sites for hydroxylation is 1. The van der Waals surface area contributed by atoms with E-state index in [0.717, 1.165) is 28.3 Å². The molecule has 162 valence electrons. The Morgan fingerprint density at radius 1 is 1.06 bits per heavy atom. The van der Waals surface area contributed by atoms with Gasteiger partial charge in [-0.1, -0.05) is 41.6 Å². The molecule has 0 saturated heterocycles. The number of methoxy groups -OCH3 is 1. The Balaban J connectivity index is 1.58. The maximum absolute atomic E-state index is 12.6. The van der Waals surface area contributed by atoms with Crippen LogP contribution < -0.4 is 10.1 Å². The number of hydrogen-bond acceptors (Lipinski definition) is 5. The molecule has 1 N–H and O–H groups in total. The number of anilines is 1. The van der Waals surface area contributed by atoms with Crippen molar-refractivity contribution in [1.29, 1.82) is 0 Å². The molecule has 4 aromatic rings. The SMILES string of the molecule is COc1ccc(-c2nnc(SCC(=O)Nc3ccc(Cl)cc3C)n2-c2ccccc2)cc1. The van der Waals surface area contributed by atoms with Crippen molar-refractivity contribution in [2.45, 2.75) is 12.1 Å². The maximum Gasteiger partial charge on any atom is 0.234 e. The first-order valence-corrected chi connectivity index (χ1v) is 11.3. The van der Waals surface area contributed by atoms with Crippen LogP contribution in [0.4, 0.5) is 5.69 Å². The fourth-order valence-corrected chi connectivity index (χ4v) is 4.16. The molecular weight excluding hydrogens is 444 g/mol. The van der Waals surface area contributed by atoms with Gasteiger partial charge in [0, 0.05) is 22.0 Å². The van der Waals surface area contributed by atoms with E-state index < -0.39 is 0 Å². The van der Waals surface area contributed by atoms with Crippen molar-refractivity contribution in [3.8, 4) is 22.8 Å². The van der Waals surface area contributed by atoms with Crippen LogP contribution in [0, 0.1) is 6.92 Å². The summed E-state index contributed by atoms with van der Waals surface area (Å²) in [5.74, 6) is 1.52. The minimum Gasteiger partial charge on any atom is -0.497 e. The quantitative estimate of drug-likeness (QED) is 0.359. The molecule has 1 amide bonds. The summed E-state index contributed by atoms with van der Waals surface area (Å²) in [5.41, 5.74) is 3.46. The first-order valence-electron chi connectivity index (χ1n) is 9.89. The standard InChI is InChI=1S/C24H21ClN4O2S/c1-16-14-18(25)10-13-21(16)26-22(30)15-32-24-28-27-23(17-8-11-20(31-2)12-9-17)29(24)19-6-4-3-5-7-19/h3-14H,15H2,1-2H3,(H,26,30). The lowest BCUT2D eigenvalue weighted by Crippen LogP contribution is -2.15. The number of benzene rings is 3. The van der Waals surface area contributed by atoms with Gasteiger partial charge in [-0.3, -0.25) is 9.36 Å². The smallest absolute Gasteiger partial charge is 0.234 e. The summed E-state index contributed by atoms with van der Waals surface area (Å²) >= 11 is 7.33. The number of nitrogens with zero attached hydrogens (tertiary/aromatic N) is 3. The first kappa shape index (κ1) is 21.9. The van der Waals surface area contributed by atoms with Crippen LogP contribution in [0.1, 0.15) is 5.56 Å². The molecule has 32 heavy (non-hydrogen) atoms. The second-order valence-corrected chi connectivity index (χ2v) is 8.38. The lowest BCUT2D eigenvalue weighted by molar-refractivity contribution is -0.113. The Bertz CT molecular complexity index is 1230. The number of halogens is 1. The molecule has 3 aromatic carbocycles. The predicted molar refractivity (Wildman–Crippen MR) is 129 cm³/mol. The topological polar surface area (TPSA) is 69.0 Å². The largest absolute Gasteiger partial charge is 0.497 e. The monoisotopic (exact) mass is 464 g/mol. The summed E-state index contributed by atoms with van der Waals surface area (Å²) in [5, 5.41) is 13.0. The lowest BCUT2D eigenvalue weighted by atomic mass is 10.2. The van der Waals surface area contributed by atoms with Crippen LogP contribution in [-0.2, 0) is 4.79 Å². The summed E-state index contributed by atoms with van der Waals surface area (Å²) in [6.07, 6.45) is 0. The molecule has 4 rings (SSSR count). The minimum absolute atomic E-state index is 0.131. The summed E-state index contributed by atoms with van der Waals surface area (Å²) in [6, 6.07) is 22.8. The van der Waals surface area contributed by atoms with E-state index in [1.807, 2.05) is 72.2 Å². The Morgan fingerprint density at radius 3 is 2.50 bits per heavy atom. The third-order valence-electron chi connectivity index (χ3n) is 4.79. The van der Waals surface area contributed by atoms with Crippen LogP contribution in [0.25, 0.3) is 17.1 Å². The summed E-state index contributed by atoms with van der Waals surface area (Å²) in [4.78, 5) is 12.6. The molecule has 0 aliphatic rings. The van der Waals surface area contributed by atoms with Gasteiger partial charge in [-0.05, 0) is 67.1 Å². The van der Waals surface area contributed by atoms with E-state index in [9.17, 15) is 4.79 Å². The molecule has 0 spiro atoms. The third kappa shape index (κ3) is 4.95. The highest BCUT2D eigenvalue weighted by Crippen LogP contribution is 2.29. The molecular formula is C24H21ClN4O2S. The van der Waals surface area contributed by atoms with E-state index in [2.05, 4.69) is 15.5 Å². The Kier molecular flexibility index (Phi) is 6.78. The number of aromatic nitrogens is 3. The summed E-state index contributed by atoms with van der Waals surface area (Å²) < 4.78 is 7.21. The zero-order valence-electron chi connectivity index (χ0n) is 17.6. The predicted octanol–water partition coefficient (Wildman–Crippen LogP) is 5.64. The Labute approximate surface area is 195 Å². The highest BCUT2D eigenvalue weighted by Gasteiger charge is 2.17. The molecule has 0 fully saturated rings. The van der Waals surface area contributed by atoms with Crippen LogP contribution >= 0.6 is 23.4 Å². The minimum atomic E-state index is -0.131. The van der Waals surface area contributed by atoms with E-state index in [0.29, 0.717) is 16.0 Å². The fourth-order valence-electron chi connectivity index (χ4n) is 3.18. The van der Waals surface area contributed by atoms with Gasteiger partial charge in [0.25, 0.3) is 0 Å². The molecule has 0 unspecified atom stereocenters. The fraction of sp³-hybridized carbons (Fsp3) is 0.125. The van der Waals surface area contributed by atoms with Gasteiger partial charge < -0.3 is 10.1 Å². The highest BCUT2D eigenvalue weighted by molar-refractivity contribution is 7.99. The van der Waals surface area contributed by atoms with Gasteiger partial charge in [-0.15, -0.1) is 10.2 Å². The van der Waals surface area contributed by atoms with E-state index >= 15 is 0 Å². The van der Waals surface area contributed by atoms with Gasteiger partial charge in [0.1, 0.15) is 5.75 Å². The average Bonchev–Trinajstić information content (AvgIpc) is 3.24. The molecule has 6 nitrogen and oxygen atoms in total. The molecule has 8 heteroatoms. The zero-order valence-corrected chi connectivity index (χ0v) is 19.2. The third-order valence-corrected chi connectivity index (χ3v) is 5.95. The molecule has 0 radical (unpaired) electrons. The van der Waals surface area contributed by atoms with Crippen LogP contribution in [0.3, 0.4) is 0 Å². The van der Waals surface area contributed by atoms with Crippen molar-refractivity contribution in [3.05, 3.63) is 83.4 Å².